The van der Waals surface area contributed by atoms with Gasteiger partial charge in [0.15, 0.2) is 6.19 Å². The zero-order chi connectivity index (χ0) is 13.9. The van der Waals surface area contributed by atoms with Gasteiger partial charge in [-0.2, -0.15) is 5.26 Å². The van der Waals surface area contributed by atoms with Crippen LogP contribution in [0, 0.1) is 11.5 Å². The Morgan fingerprint density at radius 2 is 2.20 bits per heavy atom. The molecular formula is C15H17N3O2. The van der Waals surface area contributed by atoms with Crippen molar-refractivity contribution in [3.05, 3.63) is 35.9 Å². The Bertz CT molecular complexity index is 526. The lowest BCUT2D eigenvalue weighted by molar-refractivity contribution is 0.103. The number of hydrogen-bond donors (Lipinski definition) is 1. The molecule has 5 nitrogen and oxygen atoms in total. The van der Waals surface area contributed by atoms with Gasteiger partial charge < -0.3 is 15.0 Å². The third kappa shape index (κ3) is 2.85. The molecule has 0 aromatic heterocycles. The van der Waals surface area contributed by atoms with Crippen molar-refractivity contribution in [2.45, 2.75) is 30.9 Å². The van der Waals surface area contributed by atoms with Gasteiger partial charge in [-0.15, -0.1) is 0 Å². The minimum Gasteiger partial charge on any atom is -0.444 e. The molecule has 1 aliphatic carbocycles. The fourth-order valence-electron chi connectivity index (χ4n) is 2.68. The van der Waals surface area contributed by atoms with Gasteiger partial charge in [0, 0.05) is 24.9 Å². The molecule has 5 heteroatoms. The number of carbonyl (C=O) groups excluding carboxylic acids is 1. The van der Waals surface area contributed by atoms with E-state index < -0.39 is 0 Å². The Balaban J connectivity index is 1.44. The summed E-state index contributed by atoms with van der Waals surface area (Å²) >= 11 is 0. The van der Waals surface area contributed by atoms with Crippen LogP contribution in [0.2, 0.25) is 0 Å². The van der Waals surface area contributed by atoms with Gasteiger partial charge in [-0.3, -0.25) is 0 Å². The first-order valence-electron chi connectivity index (χ1n) is 6.93. The minimum absolute atomic E-state index is 0.163. The molecule has 0 unspecified atom stereocenters. The maximum atomic E-state index is 11.8. The van der Waals surface area contributed by atoms with E-state index in [4.69, 9.17) is 10.00 Å². The molecule has 0 bridgehead atoms. The summed E-state index contributed by atoms with van der Waals surface area (Å²) in [5.74, 6) is 0.405. The van der Waals surface area contributed by atoms with Crippen LogP contribution in [-0.2, 0) is 4.74 Å². The van der Waals surface area contributed by atoms with Crippen molar-refractivity contribution in [1.82, 2.24) is 10.2 Å². The summed E-state index contributed by atoms with van der Waals surface area (Å²) in [7, 11) is 0. The van der Waals surface area contributed by atoms with Gasteiger partial charge in [-0.05, 0) is 12.0 Å². The van der Waals surface area contributed by atoms with Crippen molar-refractivity contribution in [3.63, 3.8) is 0 Å². The molecule has 1 aromatic rings. The smallest absolute Gasteiger partial charge is 0.407 e. The Kier molecular flexibility index (Phi) is 3.46. The molecule has 1 N–H and O–H groups in total. The molecule has 1 heterocycles. The summed E-state index contributed by atoms with van der Waals surface area (Å²) in [6.45, 7) is 1.18. The predicted octanol–water partition coefficient (Wildman–Crippen LogP) is 1.82. The zero-order valence-electron chi connectivity index (χ0n) is 11.2. The number of carbonyl (C=O) groups is 1. The number of hydrogen-bond acceptors (Lipinski definition) is 4. The van der Waals surface area contributed by atoms with Crippen LogP contribution in [0.1, 0.15) is 24.3 Å². The van der Waals surface area contributed by atoms with Gasteiger partial charge in [-0.1, -0.05) is 30.3 Å². The molecular weight excluding hydrogens is 254 g/mol. The van der Waals surface area contributed by atoms with Crippen molar-refractivity contribution >= 4 is 6.09 Å². The van der Waals surface area contributed by atoms with Crippen molar-refractivity contribution in [3.8, 4) is 6.19 Å². The topological polar surface area (TPSA) is 65.4 Å². The molecule has 1 aromatic carbocycles. The second-order valence-corrected chi connectivity index (χ2v) is 5.37. The average molecular weight is 271 g/mol. The molecule has 1 saturated carbocycles. The molecule has 0 spiro atoms. The molecule has 20 heavy (non-hydrogen) atoms. The van der Waals surface area contributed by atoms with E-state index in [9.17, 15) is 4.79 Å². The van der Waals surface area contributed by atoms with E-state index in [0.29, 0.717) is 19.0 Å². The third-order valence-electron chi connectivity index (χ3n) is 3.88. The maximum absolute atomic E-state index is 11.8. The van der Waals surface area contributed by atoms with Gasteiger partial charge in [0.05, 0.1) is 6.54 Å². The van der Waals surface area contributed by atoms with Crippen LogP contribution >= 0.6 is 0 Å². The Labute approximate surface area is 118 Å². The van der Waals surface area contributed by atoms with Gasteiger partial charge in [-0.25, -0.2) is 4.79 Å². The Morgan fingerprint density at radius 3 is 2.90 bits per heavy atom. The van der Waals surface area contributed by atoms with Gasteiger partial charge in [0.1, 0.15) is 6.10 Å². The molecule has 2 fully saturated rings. The molecule has 3 rings (SSSR count). The average Bonchev–Trinajstić information content (AvgIpc) is 3.07. The van der Waals surface area contributed by atoms with Crippen molar-refractivity contribution < 1.29 is 9.53 Å². The first-order valence-corrected chi connectivity index (χ1v) is 6.93. The maximum Gasteiger partial charge on any atom is 0.407 e. The lowest BCUT2D eigenvalue weighted by Gasteiger charge is -2.12. The summed E-state index contributed by atoms with van der Waals surface area (Å²) in [4.78, 5) is 13.4. The number of amides is 1. The summed E-state index contributed by atoms with van der Waals surface area (Å²) in [6.07, 6.45) is 3.24. The number of benzene rings is 1. The highest BCUT2D eigenvalue weighted by atomic mass is 16.6. The van der Waals surface area contributed by atoms with E-state index >= 15 is 0 Å². The fraction of sp³-hybridized carbons (Fsp3) is 0.467. The lowest BCUT2D eigenvalue weighted by Crippen LogP contribution is -2.32. The summed E-state index contributed by atoms with van der Waals surface area (Å²) in [5.41, 5.74) is 1.26. The normalized spacial score (nSPS) is 27.8. The summed E-state index contributed by atoms with van der Waals surface area (Å²) in [5, 5.41) is 11.7. The molecule has 2 aliphatic rings. The van der Waals surface area contributed by atoms with E-state index in [1.165, 1.54) is 5.56 Å². The number of ether oxygens (including phenoxy) is 1. The first kappa shape index (κ1) is 12.8. The summed E-state index contributed by atoms with van der Waals surface area (Å²) in [6, 6.07) is 10.4. The SMILES string of the molecule is N#CN1CC[C@@H](OC(=O)N[C@@H]2C[C@H]2c2ccccc2)C1. The van der Waals surface area contributed by atoms with E-state index in [1.807, 2.05) is 18.2 Å². The minimum atomic E-state index is -0.363. The van der Waals surface area contributed by atoms with Crippen molar-refractivity contribution in [1.29, 1.82) is 5.26 Å². The van der Waals surface area contributed by atoms with E-state index in [1.54, 1.807) is 4.90 Å². The summed E-state index contributed by atoms with van der Waals surface area (Å²) < 4.78 is 5.34. The Hall–Kier alpha value is -2.22. The van der Waals surface area contributed by atoms with Crippen molar-refractivity contribution in [2.24, 2.45) is 0 Å². The van der Waals surface area contributed by atoms with Gasteiger partial charge >= 0.3 is 6.09 Å². The van der Waals surface area contributed by atoms with E-state index in [2.05, 4.69) is 23.6 Å². The van der Waals surface area contributed by atoms with Gasteiger partial charge in [0.2, 0.25) is 0 Å². The number of rotatable bonds is 3. The third-order valence-corrected chi connectivity index (χ3v) is 3.88. The highest BCUT2D eigenvalue weighted by Gasteiger charge is 2.40. The quantitative estimate of drug-likeness (QED) is 0.852. The van der Waals surface area contributed by atoms with E-state index in [0.717, 1.165) is 12.8 Å². The molecule has 1 saturated heterocycles. The van der Waals surface area contributed by atoms with Crippen LogP contribution in [0.3, 0.4) is 0 Å². The predicted molar refractivity (Wildman–Crippen MR) is 72.8 cm³/mol. The van der Waals surface area contributed by atoms with Crippen molar-refractivity contribution in [2.75, 3.05) is 13.1 Å². The molecule has 1 amide bonds. The second kappa shape index (κ2) is 5.41. The standard InChI is InChI=1S/C15H17N3O2/c16-10-18-7-6-12(9-18)20-15(19)17-14-8-13(14)11-4-2-1-3-5-11/h1-5,12-14H,6-9H2,(H,17,19)/t12-,13+,14-/m1/s1. The van der Waals surface area contributed by atoms with Crippen LogP contribution < -0.4 is 5.32 Å². The van der Waals surface area contributed by atoms with Crippen LogP contribution in [0.15, 0.2) is 30.3 Å². The monoisotopic (exact) mass is 271 g/mol. The highest BCUT2D eigenvalue weighted by molar-refractivity contribution is 5.68. The first-order chi connectivity index (χ1) is 9.76. The number of alkyl carbamates (subject to hydrolysis) is 1. The second-order valence-electron chi connectivity index (χ2n) is 5.37. The van der Waals surface area contributed by atoms with E-state index in [-0.39, 0.29) is 18.2 Å². The molecule has 104 valence electrons. The lowest BCUT2D eigenvalue weighted by atomic mass is 10.1. The molecule has 1 aliphatic heterocycles. The number of nitriles is 1. The fourth-order valence-corrected chi connectivity index (χ4v) is 2.68. The van der Waals surface area contributed by atoms with Gasteiger partial charge in [0.25, 0.3) is 0 Å². The van der Waals surface area contributed by atoms with Crippen LogP contribution in [0.5, 0.6) is 0 Å². The zero-order valence-corrected chi connectivity index (χ0v) is 11.2. The highest BCUT2D eigenvalue weighted by Crippen LogP contribution is 2.40. The van der Waals surface area contributed by atoms with Crippen LogP contribution in [0.4, 0.5) is 4.79 Å². The number of nitrogens with zero attached hydrogens (tertiary/aromatic N) is 2. The number of likely N-dealkylation sites (tertiary alicyclic amines) is 1. The Morgan fingerprint density at radius 1 is 1.40 bits per heavy atom. The van der Waals surface area contributed by atoms with Crippen LogP contribution in [0.25, 0.3) is 0 Å². The molecule has 0 radical (unpaired) electrons. The molecule has 3 atom stereocenters. The largest absolute Gasteiger partial charge is 0.444 e. The van der Waals surface area contributed by atoms with Crippen LogP contribution in [-0.4, -0.2) is 36.2 Å². The number of nitrogens with one attached hydrogen (secondary N) is 1.